The second-order valence-electron chi connectivity index (χ2n) is 4.38. The van der Waals surface area contributed by atoms with Gasteiger partial charge in [0.05, 0.1) is 5.56 Å². The summed E-state index contributed by atoms with van der Waals surface area (Å²) >= 11 is 0. The van der Waals surface area contributed by atoms with Gasteiger partial charge in [0, 0.05) is 13.1 Å². The Balaban J connectivity index is 0.00000441. The molecule has 0 fully saturated rings. The van der Waals surface area contributed by atoms with Crippen molar-refractivity contribution >= 4 is 18.3 Å². The van der Waals surface area contributed by atoms with Crippen molar-refractivity contribution in [3.05, 3.63) is 29.8 Å². The molecule has 0 aliphatic heterocycles. The summed E-state index contributed by atoms with van der Waals surface area (Å²) in [5.74, 6) is -0.797. The van der Waals surface area contributed by atoms with Gasteiger partial charge in [-0.2, -0.15) is 13.2 Å². The molecule has 0 unspecified atom stereocenters. The van der Waals surface area contributed by atoms with E-state index >= 15 is 0 Å². The van der Waals surface area contributed by atoms with E-state index in [1.54, 1.807) is 0 Å². The minimum Gasteiger partial charge on any atom is -0.483 e. The molecule has 0 saturated carbocycles. The van der Waals surface area contributed by atoms with Gasteiger partial charge >= 0.3 is 6.18 Å². The number of carbonyl (C=O) groups is 1. The van der Waals surface area contributed by atoms with Crippen LogP contribution < -0.4 is 15.4 Å². The Morgan fingerprint density at radius 3 is 2.50 bits per heavy atom. The summed E-state index contributed by atoms with van der Waals surface area (Å²) in [7, 11) is 0. The largest absolute Gasteiger partial charge is 0.483 e. The predicted molar refractivity (Wildman–Crippen MR) is 80.4 cm³/mol. The average Bonchev–Trinajstić information content (AvgIpc) is 2.44. The Labute approximate surface area is 133 Å². The molecule has 0 atom stereocenters. The van der Waals surface area contributed by atoms with Crippen molar-refractivity contribution in [1.82, 2.24) is 10.6 Å². The molecule has 0 heterocycles. The number of benzene rings is 1. The van der Waals surface area contributed by atoms with Gasteiger partial charge in [0.25, 0.3) is 5.91 Å². The Morgan fingerprint density at radius 2 is 1.86 bits per heavy atom. The molecule has 22 heavy (non-hydrogen) atoms. The normalized spacial score (nSPS) is 10.7. The van der Waals surface area contributed by atoms with Gasteiger partial charge in [0.1, 0.15) is 5.75 Å². The minimum atomic E-state index is -4.50. The number of halogens is 4. The van der Waals surface area contributed by atoms with Crippen molar-refractivity contribution in [3.8, 4) is 5.75 Å². The lowest BCUT2D eigenvalue weighted by Crippen LogP contribution is -2.35. The second kappa shape index (κ2) is 10.3. The summed E-state index contributed by atoms with van der Waals surface area (Å²) in [5, 5.41) is 5.65. The van der Waals surface area contributed by atoms with Crippen LogP contribution in [-0.2, 0) is 11.0 Å². The number of hydrogen-bond acceptors (Lipinski definition) is 3. The number of carbonyl (C=O) groups excluding carboxylic acids is 1. The molecule has 1 aromatic carbocycles. The topological polar surface area (TPSA) is 50.4 Å². The average molecular weight is 341 g/mol. The molecule has 1 rings (SSSR count). The predicted octanol–water partition coefficient (Wildman–Crippen LogP) is 2.62. The number of amides is 1. The highest BCUT2D eigenvalue weighted by Crippen LogP contribution is 2.35. The number of rotatable bonds is 8. The Kier molecular flexibility index (Phi) is 9.60. The summed E-state index contributed by atoms with van der Waals surface area (Å²) in [5.41, 5.74) is -0.887. The van der Waals surface area contributed by atoms with Crippen LogP contribution in [0.3, 0.4) is 0 Å². The summed E-state index contributed by atoms with van der Waals surface area (Å²) in [6, 6.07) is 4.81. The van der Waals surface area contributed by atoms with E-state index in [0.717, 1.165) is 19.0 Å². The second-order valence-corrected chi connectivity index (χ2v) is 4.38. The quantitative estimate of drug-likeness (QED) is 0.715. The number of ether oxygens (including phenoxy) is 1. The molecule has 8 heteroatoms. The molecule has 0 spiro atoms. The SMILES string of the molecule is CCCNCCNC(=O)COc1ccccc1C(F)(F)F.Cl. The first-order valence-corrected chi connectivity index (χ1v) is 6.71. The van der Waals surface area contributed by atoms with Crippen LogP contribution in [0.1, 0.15) is 18.9 Å². The van der Waals surface area contributed by atoms with Gasteiger partial charge in [-0.25, -0.2) is 0 Å². The van der Waals surface area contributed by atoms with Gasteiger partial charge in [-0.05, 0) is 25.1 Å². The van der Waals surface area contributed by atoms with E-state index in [2.05, 4.69) is 10.6 Å². The first-order chi connectivity index (χ1) is 9.95. The standard InChI is InChI=1S/C14H19F3N2O2.ClH/c1-2-7-18-8-9-19-13(20)10-21-12-6-4-3-5-11(12)14(15,16)17;/h3-6,18H,2,7-10H2,1H3,(H,19,20);1H. The van der Waals surface area contributed by atoms with E-state index in [0.29, 0.717) is 13.1 Å². The summed E-state index contributed by atoms with van der Waals surface area (Å²) in [4.78, 5) is 11.5. The van der Waals surface area contributed by atoms with Gasteiger partial charge < -0.3 is 15.4 Å². The molecule has 0 aliphatic rings. The van der Waals surface area contributed by atoms with Crippen LogP contribution in [0.5, 0.6) is 5.75 Å². The lowest BCUT2D eigenvalue weighted by molar-refractivity contribution is -0.139. The molecule has 1 aromatic rings. The molecule has 0 saturated heterocycles. The van der Waals surface area contributed by atoms with Gasteiger partial charge in [-0.15, -0.1) is 12.4 Å². The molecule has 4 nitrogen and oxygen atoms in total. The lowest BCUT2D eigenvalue weighted by atomic mass is 10.2. The van der Waals surface area contributed by atoms with Crippen molar-refractivity contribution in [3.63, 3.8) is 0 Å². The third kappa shape index (κ3) is 7.51. The third-order valence-corrected chi connectivity index (χ3v) is 2.60. The van der Waals surface area contributed by atoms with Crippen molar-refractivity contribution in [2.75, 3.05) is 26.2 Å². The molecule has 0 radical (unpaired) electrons. The van der Waals surface area contributed by atoms with Crippen molar-refractivity contribution in [2.24, 2.45) is 0 Å². The van der Waals surface area contributed by atoms with Crippen LogP contribution in [-0.4, -0.2) is 32.1 Å². The Bertz CT molecular complexity index is 456. The van der Waals surface area contributed by atoms with Crippen LogP contribution in [0.4, 0.5) is 13.2 Å². The van der Waals surface area contributed by atoms with Gasteiger partial charge in [0.15, 0.2) is 6.61 Å². The number of para-hydroxylation sites is 1. The third-order valence-electron chi connectivity index (χ3n) is 2.60. The Morgan fingerprint density at radius 1 is 1.18 bits per heavy atom. The summed E-state index contributed by atoms with van der Waals surface area (Å²) in [6.07, 6.45) is -3.51. The maximum Gasteiger partial charge on any atom is 0.419 e. The first kappa shape index (κ1) is 20.5. The summed E-state index contributed by atoms with van der Waals surface area (Å²) < 4.78 is 43.1. The van der Waals surface area contributed by atoms with Crippen LogP contribution in [0.25, 0.3) is 0 Å². The molecule has 0 aliphatic carbocycles. The lowest BCUT2D eigenvalue weighted by Gasteiger charge is -2.13. The van der Waals surface area contributed by atoms with E-state index in [1.165, 1.54) is 18.2 Å². The van der Waals surface area contributed by atoms with E-state index in [4.69, 9.17) is 4.74 Å². The smallest absolute Gasteiger partial charge is 0.419 e. The van der Waals surface area contributed by atoms with Crippen molar-refractivity contribution < 1.29 is 22.7 Å². The summed E-state index contributed by atoms with van der Waals surface area (Å²) in [6.45, 7) is 3.45. The van der Waals surface area contributed by atoms with E-state index in [-0.39, 0.29) is 18.2 Å². The highest BCUT2D eigenvalue weighted by atomic mass is 35.5. The van der Waals surface area contributed by atoms with Crippen molar-refractivity contribution in [1.29, 1.82) is 0 Å². The molecular formula is C14H20ClF3N2O2. The highest BCUT2D eigenvalue weighted by Gasteiger charge is 2.34. The number of alkyl halides is 3. The number of hydrogen-bond donors (Lipinski definition) is 2. The highest BCUT2D eigenvalue weighted by molar-refractivity contribution is 5.85. The maximum atomic E-state index is 12.7. The van der Waals surface area contributed by atoms with Crippen LogP contribution in [0.15, 0.2) is 24.3 Å². The van der Waals surface area contributed by atoms with Crippen LogP contribution in [0.2, 0.25) is 0 Å². The fraction of sp³-hybridized carbons (Fsp3) is 0.500. The maximum absolute atomic E-state index is 12.7. The zero-order valence-corrected chi connectivity index (χ0v) is 13.0. The molecular weight excluding hydrogens is 321 g/mol. The van der Waals surface area contributed by atoms with E-state index < -0.39 is 24.3 Å². The fourth-order valence-electron chi connectivity index (χ4n) is 1.61. The van der Waals surface area contributed by atoms with E-state index in [1.807, 2.05) is 6.92 Å². The van der Waals surface area contributed by atoms with Crippen molar-refractivity contribution in [2.45, 2.75) is 19.5 Å². The van der Waals surface area contributed by atoms with Crippen LogP contribution in [0, 0.1) is 0 Å². The van der Waals surface area contributed by atoms with Gasteiger partial charge in [-0.1, -0.05) is 19.1 Å². The molecule has 0 aromatic heterocycles. The molecule has 1 amide bonds. The van der Waals surface area contributed by atoms with E-state index in [9.17, 15) is 18.0 Å². The zero-order valence-electron chi connectivity index (χ0n) is 12.2. The molecule has 126 valence electrons. The fourth-order valence-corrected chi connectivity index (χ4v) is 1.61. The monoisotopic (exact) mass is 340 g/mol. The molecule has 0 bridgehead atoms. The molecule has 2 N–H and O–H groups in total. The zero-order chi connectivity index (χ0) is 15.7. The minimum absolute atomic E-state index is 0. The van der Waals surface area contributed by atoms with Gasteiger partial charge in [0.2, 0.25) is 0 Å². The first-order valence-electron chi connectivity index (χ1n) is 6.71. The number of nitrogens with one attached hydrogen (secondary N) is 2. The Hall–Kier alpha value is -1.47. The van der Waals surface area contributed by atoms with Crippen LogP contribution >= 0.6 is 12.4 Å². The van der Waals surface area contributed by atoms with Gasteiger partial charge in [-0.3, -0.25) is 4.79 Å².